The van der Waals surface area contributed by atoms with Crippen molar-refractivity contribution in [1.82, 2.24) is 0 Å². The highest BCUT2D eigenvalue weighted by atomic mass is 16.5. The van der Waals surface area contributed by atoms with Gasteiger partial charge in [-0.15, -0.1) is 0 Å². The van der Waals surface area contributed by atoms with Crippen molar-refractivity contribution in [3.63, 3.8) is 0 Å². The summed E-state index contributed by atoms with van der Waals surface area (Å²) in [5.41, 5.74) is 2.74. The largest absolute Gasteiger partial charge is 0.497 e. The molecule has 0 saturated heterocycles. The van der Waals surface area contributed by atoms with Crippen molar-refractivity contribution in [2.45, 2.75) is 31.7 Å². The lowest BCUT2D eigenvalue weighted by Crippen LogP contribution is -2.31. The topological polar surface area (TPSA) is 21.3 Å². The summed E-state index contributed by atoms with van der Waals surface area (Å²) >= 11 is 0. The van der Waals surface area contributed by atoms with E-state index in [2.05, 4.69) is 23.5 Å². The molecular formula is C13H17NO. The Kier molecular flexibility index (Phi) is 2.08. The van der Waals surface area contributed by atoms with Gasteiger partial charge >= 0.3 is 0 Å². The van der Waals surface area contributed by atoms with Gasteiger partial charge in [0.15, 0.2) is 0 Å². The molecule has 0 bridgehead atoms. The number of ether oxygens (including phenoxy) is 1. The third kappa shape index (κ3) is 1.48. The van der Waals surface area contributed by atoms with Crippen LogP contribution in [-0.4, -0.2) is 13.2 Å². The van der Waals surface area contributed by atoms with Crippen LogP contribution in [0.4, 0.5) is 5.69 Å². The van der Waals surface area contributed by atoms with E-state index in [1.165, 1.54) is 36.9 Å². The van der Waals surface area contributed by atoms with Gasteiger partial charge in [-0.3, -0.25) is 0 Å². The monoisotopic (exact) mass is 203 g/mol. The number of benzene rings is 1. The third-order valence-corrected chi connectivity index (χ3v) is 3.82. The van der Waals surface area contributed by atoms with Crippen LogP contribution in [0.2, 0.25) is 0 Å². The van der Waals surface area contributed by atoms with Crippen LogP contribution < -0.4 is 10.1 Å². The lowest BCUT2D eigenvalue weighted by atomic mass is 9.79. The van der Waals surface area contributed by atoms with Crippen LogP contribution in [0.1, 0.15) is 24.8 Å². The molecular weight excluding hydrogens is 186 g/mol. The van der Waals surface area contributed by atoms with Crippen molar-refractivity contribution < 1.29 is 4.74 Å². The van der Waals surface area contributed by atoms with E-state index in [1.54, 1.807) is 7.11 Å². The van der Waals surface area contributed by atoms with Crippen LogP contribution in [-0.2, 0) is 6.42 Å². The first-order chi connectivity index (χ1) is 7.36. The van der Waals surface area contributed by atoms with Gasteiger partial charge in [0.2, 0.25) is 0 Å². The Bertz CT molecular complexity index is 371. The van der Waals surface area contributed by atoms with Crippen molar-refractivity contribution in [2.24, 2.45) is 5.92 Å². The van der Waals surface area contributed by atoms with Crippen LogP contribution in [0.15, 0.2) is 18.2 Å². The Morgan fingerprint density at radius 2 is 2.20 bits per heavy atom. The Balaban J connectivity index is 1.80. The number of hydrogen-bond donors (Lipinski definition) is 1. The predicted octanol–water partition coefficient (Wildman–Crippen LogP) is 2.83. The molecule has 0 aromatic heterocycles. The van der Waals surface area contributed by atoms with Gasteiger partial charge in [0.1, 0.15) is 5.75 Å². The minimum atomic E-state index is 0.681. The molecule has 1 fully saturated rings. The summed E-state index contributed by atoms with van der Waals surface area (Å²) in [5.74, 6) is 1.86. The van der Waals surface area contributed by atoms with E-state index in [0.717, 1.165) is 11.7 Å². The smallest absolute Gasteiger partial charge is 0.120 e. The maximum absolute atomic E-state index is 5.24. The van der Waals surface area contributed by atoms with E-state index in [-0.39, 0.29) is 0 Å². The molecule has 15 heavy (non-hydrogen) atoms. The van der Waals surface area contributed by atoms with Crippen molar-refractivity contribution >= 4 is 5.69 Å². The molecule has 1 aliphatic carbocycles. The fourth-order valence-electron chi connectivity index (χ4n) is 2.61. The average Bonchev–Trinajstić information content (AvgIpc) is 2.56. The van der Waals surface area contributed by atoms with Crippen molar-refractivity contribution in [2.75, 3.05) is 12.4 Å². The number of nitrogens with one attached hydrogen (secondary N) is 1. The van der Waals surface area contributed by atoms with Crippen LogP contribution >= 0.6 is 0 Å². The highest BCUT2D eigenvalue weighted by Crippen LogP contribution is 2.38. The van der Waals surface area contributed by atoms with Gasteiger partial charge in [0.05, 0.1) is 7.11 Å². The fourth-order valence-corrected chi connectivity index (χ4v) is 2.61. The van der Waals surface area contributed by atoms with E-state index in [9.17, 15) is 0 Å². The fraction of sp³-hybridized carbons (Fsp3) is 0.538. The van der Waals surface area contributed by atoms with Gasteiger partial charge in [-0.25, -0.2) is 0 Å². The van der Waals surface area contributed by atoms with E-state index in [1.807, 2.05) is 0 Å². The van der Waals surface area contributed by atoms with Crippen LogP contribution in [0.3, 0.4) is 0 Å². The molecule has 1 aromatic carbocycles. The summed E-state index contributed by atoms with van der Waals surface area (Å²) in [4.78, 5) is 0. The SMILES string of the molecule is COc1ccc2c(c1)NC(C1CCC1)C2. The standard InChI is InChI=1S/C13H17NO/c1-15-11-6-5-10-7-12(9-3-2-4-9)14-13(10)8-11/h5-6,8-9,12,14H,2-4,7H2,1H3. The van der Waals surface area contributed by atoms with Crippen LogP contribution in [0, 0.1) is 5.92 Å². The van der Waals surface area contributed by atoms with E-state index >= 15 is 0 Å². The second-order valence-electron chi connectivity index (χ2n) is 4.67. The minimum absolute atomic E-state index is 0.681. The minimum Gasteiger partial charge on any atom is -0.497 e. The van der Waals surface area contributed by atoms with Gasteiger partial charge in [-0.2, -0.15) is 0 Å². The summed E-state index contributed by atoms with van der Waals surface area (Å²) in [6.45, 7) is 0. The molecule has 3 rings (SSSR count). The molecule has 2 heteroatoms. The first-order valence-electron chi connectivity index (χ1n) is 5.80. The molecule has 80 valence electrons. The molecule has 1 unspecified atom stereocenters. The summed E-state index contributed by atoms with van der Waals surface area (Å²) in [6, 6.07) is 7.05. The Labute approximate surface area is 90.6 Å². The highest BCUT2D eigenvalue weighted by Gasteiger charge is 2.31. The summed E-state index contributed by atoms with van der Waals surface area (Å²) < 4.78 is 5.24. The molecule has 1 atom stereocenters. The van der Waals surface area contributed by atoms with Gasteiger partial charge in [-0.05, 0) is 36.8 Å². The molecule has 1 N–H and O–H groups in total. The normalized spacial score (nSPS) is 24.2. The zero-order valence-corrected chi connectivity index (χ0v) is 9.12. The van der Waals surface area contributed by atoms with Crippen molar-refractivity contribution in [1.29, 1.82) is 0 Å². The van der Waals surface area contributed by atoms with E-state index in [0.29, 0.717) is 6.04 Å². The maximum atomic E-state index is 5.24. The zero-order valence-electron chi connectivity index (χ0n) is 9.12. The number of fused-ring (bicyclic) bond motifs is 1. The molecule has 1 heterocycles. The van der Waals surface area contributed by atoms with Crippen molar-refractivity contribution in [3.05, 3.63) is 23.8 Å². The average molecular weight is 203 g/mol. The first kappa shape index (κ1) is 9.08. The summed E-state index contributed by atoms with van der Waals surface area (Å²) in [5, 5.41) is 3.63. The van der Waals surface area contributed by atoms with E-state index < -0.39 is 0 Å². The molecule has 2 nitrogen and oxygen atoms in total. The van der Waals surface area contributed by atoms with Crippen LogP contribution in [0.5, 0.6) is 5.75 Å². The number of methoxy groups -OCH3 is 1. The quantitative estimate of drug-likeness (QED) is 0.798. The number of anilines is 1. The van der Waals surface area contributed by atoms with Crippen LogP contribution in [0.25, 0.3) is 0 Å². The zero-order chi connectivity index (χ0) is 10.3. The summed E-state index contributed by atoms with van der Waals surface area (Å²) in [7, 11) is 1.72. The lowest BCUT2D eigenvalue weighted by molar-refractivity contribution is 0.278. The maximum Gasteiger partial charge on any atom is 0.120 e. The molecule has 0 amide bonds. The second-order valence-corrected chi connectivity index (χ2v) is 4.67. The van der Waals surface area contributed by atoms with Gasteiger partial charge < -0.3 is 10.1 Å². The van der Waals surface area contributed by atoms with Gasteiger partial charge in [0.25, 0.3) is 0 Å². The third-order valence-electron chi connectivity index (χ3n) is 3.82. The molecule has 1 aromatic rings. The van der Waals surface area contributed by atoms with E-state index in [4.69, 9.17) is 4.74 Å². The molecule has 2 aliphatic rings. The molecule has 1 saturated carbocycles. The number of rotatable bonds is 2. The number of hydrogen-bond acceptors (Lipinski definition) is 2. The molecule has 1 aliphatic heterocycles. The van der Waals surface area contributed by atoms with Gasteiger partial charge in [-0.1, -0.05) is 12.5 Å². The van der Waals surface area contributed by atoms with Gasteiger partial charge in [0, 0.05) is 17.8 Å². The van der Waals surface area contributed by atoms with Crippen molar-refractivity contribution in [3.8, 4) is 5.75 Å². The summed E-state index contributed by atoms with van der Waals surface area (Å²) in [6.07, 6.45) is 5.43. The predicted molar refractivity (Wildman–Crippen MR) is 61.4 cm³/mol. The highest BCUT2D eigenvalue weighted by molar-refractivity contribution is 5.60. The Hall–Kier alpha value is -1.18. The lowest BCUT2D eigenvalue weighted by Gasteiger charge is -2.31. The first-order valence-corrected chi connectivity index (χ1v) is 5.80. The molecule has 0 radical (unpaired) electrons. The Morgan fingerprint density at radius 3 is 2.87 bits per heavy atom. The Morgan fingerprint density at radius 1 is 1.33 bits per heavy atom. The molecule has 0 spiro atoms. The second kappa shape index (κ2) is 3.44.